The maximum absolute atomic E-state index is 11.2. The Balaban J connectivity index is 3.20. The van der Waals surface area contributed by atoms with Gasteiger partial charge in [-0.3, -0.25) is 10.1 Å². The smallest absolute Gasteiger partial charge is 0.315 e. The monoisotopic (exact) mass is 251 g/mol. The molecular weight excluding hydrogens is 230 g/mol. The fraction of sp³-hybridized carbons (Fsp3) is 0.538. The molecular formula is C13H21N3O2. The van der Waals surface area contributed by atoms with Crippen LogP contribution in [-0.4, -0.2) is 17.5 Å². The van der Waals surface area contributed by atoms with Gasteiger partial charge in [-0.2, -0.15) is 0 Å². The number of nitrogens with one attached hydrogen (secondary N) is 2. The Morgan fingerprint density at radius 1 is 1.28 bits per heavy atom. The standard InChI is InChI=1S/C13H21N3O2/c1-5-13(3,6-2)15-11-9-7-8-10(14-4)12(11)16(17)18/h7-9,14-15H,5-6H2,1-4H3. The molecule has 0 aliphatic heterocycles. The van der Waals surface area contributed by atoms with Gasteiger partial charge in [0.1, 0.15) is 11.4 Å². The van der Waals surface area contributed by atoms with E-state index < -0.39 is 0 Å². The summed E-state index contributed by atoms with van der Waals surface area (Å²) in [4.78, 5) is 10.8. The zero-order valence-electron chi connectivity index (χ0n) is 11.4. The molecule has 5 heteroatoms. The summed E-state index contributed by atoms with van der Waals surface area (Å²) < 4.78 is 0. The highest BCUT2D eigenvalue weighted by Crippen LogP contribution is 2.35. The number of nitro benzene ring substituents is 1. The summed E-state index contributed by atoms with van der Waals surface area (Å²) >= 11 is 0. The van der Waals surface area contributed by atoms with E-state index >= 15 is 0 Å². The largest absolute Gasteiger partial charge is 0.382 e. The second-order valence-electron chi connectivity index (χ2n) is 4.60. The lowest BCUT2D eigenvalue weighted by Crippen LogP contribution is -2.33. The molecule has 0 aliphatic rings. The molecule has 1 rings (SSSR count). The van der Waals surface area contributed by atoms with E-state index in [2.05, 4.69) is 31.4 Å². The minimum absolute atomic E-state index is 0.105. The maximum Gasteiger partial charge on any atom is 0.315 e. The molecule has 100 valence electrons. The summed E-state index contributed by atoms with van der Waals surface area (Å²) in [7, 11) is 1.69. The average Bonchev–Trinajstić information content (AvgIpc) is 2.37. The maximum atomic E-state index is 11.2. The van der Waals surface area contributed by atoms with Gasteiger partial charge in [-0.05, 0) is 31.9 Å². The van der Waals surface area contributed by atoms with Crippen LogP contribution in [-0.2, 0) is 0 Å². The van der Waals surface area contributed by atoms with Crippen LogP contribution in [0.4, 0.5) is 17.1 Å². The first kappa shape index (κ1) is 14.3. The van der Waals surface area contributed by atoms with Gasteiger partial charge in [0, 0.05) is 12.6 Å². The van der Waals surface area contributed by atoms with Crippen LogP contribution in [0.3, 0.4) is 0 Å². The van der Waals surface area contributed by atoms with Crippen LogP contribution in [0.1, 0.15) is 33.6 Å². The molecule has 0 unspecified atom stereocenters. The third kappa shape index (κ3) is 2.91. The van der Waals surface area contributed by atoms with E-state index in [0.717, 1.165) is 12.8 Å². The molecule has 0 atom stereocenters. The molecule has 0 saturated carbocycles. The van der Waals surface area contributed by atoms with Crippen LogP contribution < -0.4 is 10.6 Å². The SMILES string of the molecule is CCC(C)(CC)Nc1cccc(NC)c1[N+](=O)[O-]. The van der Waals surface area contributed by atoms with Crippen LogP contribution in [0.2, 0.25) is 0 Å². The van der Waals surface area contributed by atoms with E-state index in [1.807, 2.05) is 6.07 Å². The Morgan fingerprint density at radius 2 is 1.83 bits per heavy atom. The zero-order chi connectivity index (χ0) is 13.8. The Kier molecular flexibility index (Phi) is 4.53. The normalized spacial score (nSPS) is 11.1. The Hall–Kier alpha value is -1.78. The summed E-state index contributed by atoms with van der Waals surface area (Å²) in [5.41, 5.74) is 1.07. The number of nitro groups is 1. The van der Waals surface area contributed by atoms with Gasteiger partial charge >= 0.3 is 5.69 Å². The lowest BCUT2D eigenvalue weighted by atomic mass is 9.95. The van der Waals surface area contributed by atoms with Crippen molar-refractivity contribution in [1.82, 2.24) is 0 Å². The van der Waals surface area contributed by atoms with Crippen molar-refractivity contribution in [2.24, 2.45) is 0 Å². The van der Waals surface area contributed by atoms with E-state index in [9.17, 15) is 10.1 Å². The van der Waals surface area contributed by atoms with E-state index in [-0.39, 0.29) is 16.1 Å². The van der Waals surface area contributed by atoms with Crippen molar-refractivity contribution < 1.29 is 4.92 Å². The van der Waals surface area contributed by atoms with Gasteiger partial charge in [0.2, 0.25) is 0 Å². The molecule has 0 amide bonds. The number of benzene rings is 1. The van der Waals surface area contributed by atoms with Crippen molar-refractivity contribution in [1.29, 1.82) is 0 Å². The molecule has 0 aliphatic carbocycles. The van der Waals surface area contributed by atoms with Gasteiger partial charge in [-0.15, -0.1) is 0 Å². The summed E-state index contributed by atoms with van der Waals surface area (Å²) in [6.45, 7) is 6.22. The predicted molar refractivity (Wildman–Crippen MR) is 75.3 cm³/mol. The lowest BCUT2D eigenvalue weighted by molar-refractivity contribution is -0.383. The number of rotatable bonds is 6. The topological polar surface area (TPSA) is 67.2 Å². The predicted octanol–water partition coefficient (Wildman–Crippen LogP) is 3.63. The first-order chi connectivity index (χ1) is 8.47. The third-order valence-electron chi connectivity index (χ3n) is 3.49. The molecule has 0 spiro atoms. The van der Waals surface area contributed by atoms with Crippen molar-refractivity contribution >= 4 is 17.1 Å². The van der Waals surface area contributed by atoms with Gasteiger partial charge < -0.3 is 10.6 Å². The average molecular weight is 251 g/mol. The molecule has 0 heterocycles. The van der Waals surface area contributed by atoms with Crippen LogP contribution in [0.25, 0.3) is 0 Å². The highest BCUT2D eigenvalue weighted by atomic mass is 16.6. The van der Waals surface area contributed by atoms with Crippen molar-refractivity contribution in [3.63, 3.8) is 0 Å². The van der Waals surface area contributed by atoms with Crippen LogP contribution in [0.5, 0.6) is 0 Å². The summed E-state index contributed by atoms with van der Waals surface area (Å²) in [6.07, 6.45) is 1.81. The zero-order valence-corrected chi connectivity index (χ0v) is 11.4. The summed E-state index contributed by atoms with van der Waals surface area (Å²) in [6, 6.07) is 5.27. The third-order valence-corrected chi connectivity index (χ3v) is 3.49. The summed E-state index contributed by atoms with van der Waals surface area (Å²) in [5.74, 6) is 0. The van der Waals surface area contributed by atoms with E-state index in [1.54, 1.807) is 19.2 Å². The van der Waals surface area contributed by atoms with Crippen molar-refractivity contribution in [3.8, 4) is 0 Å². The number of hydrogen-bond donors (Lipinski definition) is 2. The van der Waals surface area contributed by atoms with Crippen molar-refractivity contribution in [2.45, 2.75) is 39.2 Å². The van der Waals surface area contributed by atoms with Crippen molar-refractivity contribution in [3.05, 3.63) is 28.3 Å². The number of para-hydroxylation sites is 1. The summed E-state index contributed by atoms with van der Waals surface area (Å²) in [5, 5.41) is 17.3. The van der Waals surface area contributed by atoms with E-state index in [1.165, 1.54) is 0 Å². The number of hydrogen-bond acceptors (Lipinski definition) is 4. The molecule has 0 aromatic heterocycles. The van der Waals surface area contributed by atoms with E-state index in [0.29, 0.717) is 11.4 Å². The quantitative estimate of drug-likeness (QED) is 0.598. The van der Waals surface area contributed by atoms with Crippen LogP contribution >= 0.6 is 0 Å². The Morgan fingerprint density at radius 3 is 2.28 bits per heavy atom. The minimum Gasteiger partial charge on any atom is -0.382 e. The highest BCUT2D eigenvalue weighted by molar-refractivity contribution is 5.76. The molecule has 5 nitrogen and oxygen atoms in total. The number of anilines is 2. The van der Waals surface area contributed by atoms with E-state index in [4.69, 9.17) is 0 Å². The van der Waals surface area contributed by atoms with Gasteiger partial charge in [0.05, 0.1) is 4.92 Å². The first-order valence-corrected chi connectivity index (χ1v) is 6.20. The number of nitrogens with zero attached hydrogens (tertiary/aromatic N) is 1. The Bertz CT molecular complexity index is 428. The Labute approximate surface area is 108 Å². The van der Waals surface area contributed by atoms with Crippen LogP contribution in [0, 0.1) is 10.1 Å². The fourth-order valence-electron chi connectivity index (χ4n) is 1.79. The highest BCUT2D eigenvalue weighted by Gasteiger charge is 2.25. The first-order valence-electron chi connectivity index (χ1n) is 6.20. The van der Waals surface area contributed by atoms with Crippen LogP contribution in [0.15, 0.2) is 18.2 Å². The van der Waals surface area contributed by atoms with Gasteiger partial charge in [0.25, 0.3) is 0 Å². The molecule has 1 aromatic carbocycles. The van der Waals surface area contributed by atoms with Gasteiger partial charge in [-0.25, -0.2) is 0 Å². The van der Waals surface area contributed by atoms with Crippen molar-refractivity contribution in [2.75, 3.05) is 17.7 Å². The molecule has 0 bridgehead atoms. The second-order valence-corrected chi connectivity index (χ2v) is 4.60. The van der Waals surface area contributed by atoms with Gasteiger partial charge in [-0.1, -0.05) is 19.9 Å². The fourth-order valence-corrected chi connectivity index (χ4v) is 1.79. The minimum atomic E-state index is -0.347. The molecule has 1 aromatic rings. The van der Waals surface area contributed by atoms with Gasteiger partial charge in [0.15, 0.2) is 0 Å². The molecule has 0 fully saturated rings. The molecule has 0 saturated heterocycles. The second kappa shape index (κ2) is 5.71. The molecule has 18 heavy (non-hydrogen) atoms. The molecule has 2 N–H and O–H groups in total. The lowest BCUT2D eigenvalue weighted by Gasteiger charge is -2.29. The molecule has 0 radical (unpaired) electrons.